The molecule has 3 aliphatic heterocycles. The first kappa shape index (κ1) is 26.3. The number of hydrogen-bond donors (Lipinski definition) is 1. The molecule has 5 rings (SSSR count). The first-order chi connectivity index (χ1) is 17.8. The zero-order chi connectivity index (χ0) is 26.0. The first-order valence-corrected chi connectivity index (χ1v) is 14.0. The van der Waals surface area contributed by atoms with Crippen molar-refractivity contribution in [1.82, 2.24) is 4.90 Å². The zero-order valence-corrected chi connectivity index (χ0v) is 22.2. The van der Waals surface area contributed by atoms with E-state index < -0.39 is 17.2 Å². The lowest BCUT2D eigenvalue weighted by Gasteiger charge is -2.55. The van der Waals surface area contributed by atoms with Crippen LogP contribution in [0.2, 0.25) is 0 Å². The van der Waals surface area contributed by atoms with E-state index in [-0.39, 0.29) is 24.3 Å². The van der Waals surface area contributed by atoms with Crippen LogP contribution < -0.4 is 9.47 Å². The number of carbonyl (C=O) groups is 2. The highest BCUT2D eigenvalue weighted by molar-refractivity contribution is 5.76. The Bertz CT molecular complexity index is 992. The van der Waals surface area contributed by atoms with Gasteiger partial charge in [0.1, 0.15) is 11.2 Å². The number of carboxylic acid groups (broad SMARTS) is 1. The van der Waals surface area contributed by atoms with Gasteiger partial charge < -0.3 is 29.0 Å². The Balaban J connectivity index is 1.36. The van der Waals surface area contributed by atoms with Crippen molar-refractivity contribution in [3.05, 3.63) is 23.8 Å². The Morgan fingerprint density at radius 3 is 2.78 bits per heavy atom. The van der Waals surface area contributed by atoms with E-state index in [1.807, 2.05) is 36.9 Å². The number of nitrogens with zero attached hydrogens (tertiary/aromatic N) is 1. The molecular weight excluding hydrogens is 474 g/mol. The fourth-order valence-corrected chi connectivity index (χ4v) is 6.86. The van der Waals surface area contributed by atoms with Gasteiger partial charge in [-0.05, 0) is 45.1 Å². The molecule has 4 atom stereocenters. The van der Waals surface area contributed by atoms with Crippen molar-refractivity contribution in [3.8, 4) is 11.5 Å². The van der Waals surface area contributed by atoms with Crippen LogP contribution in [0.3, 0.4) is 0 Å². The predicted octanol–water partition coefficient (Wildman–Crippen LogP) is 4.75. The van der Waals surface area contributed by atoms with Gasteiger partial charge in [0.15, 0.2) is 11.5 Å². The summed E-state index contributed by atoms with van der Waals surface area (Å²) < 4.78 is 25.4. The van der Waals surface area contributed by atoms with Gasteiger partial charge in [-0.3, -0.25) is 9.59 Å². The number of amides is 1. The maximum absolute atomic E-state index is 13.2. The summed E-state index contributed by atoms with van der Waals surface area (Å²) in [5, 5.41) is 9.48. The van der Waals surface area contributed by atoms with E-state index in [9.17, 15) is 14.7 Å². The summed E-state index contributed by atoms with van der Waals surface area (Å²) >= 11 is 0. The van der Waals surface area contributed by atoms with Crippen molar-refractivity contribution in [1.29, 1.82) is 0 Å². The predicted molar refractivity (Wildman–Crippen MR) is 137 cm³/mol. The highest BCUT2D eigenvalue weighted by Gasteiger charge is 2.56. The Morgan fingerprint density at radius 2 is 2.03 bits per heavy atom. The molecule has 0 radical (unpaired) electrons. The van der Waals surface area contributed by atoms with E-state index in [1.54, 1.807) is 0 Å². The SMILES string of the molecule is CCOc1cccc2c1O[C@](C)(CCC(=O)O)[C@H]1C[C@]3(CO[C@H]21)CN(C(=O)CCC1CCCC1)CCO3. The first-order valence-electron chi connectivity index (χ1n) is 14.0. The number of benzene rings is 1. The van der Waals surface area contributed by atoms with Crippen LogP contribution in [-0.4, -0.2) is 66.0 Å². The van der Waals surface area contributed by atoms with Crippen LogP contribution in [0.1, 0.15) is 83.3 Å². The summed E-state index contributed by atoms with van der Waals surface area (Å²) in [7, 11) is 0. The topological polar surface area (TPSA) is 94.5 Å². The fraction of sp³-hybridized carbons (Fsp3) is 0.724. The minimum Gasteiger partial charge on any atom is -0.490 e. The standard InChI is InChI=1S/C29H41NO7/c1-3-34-23-10-6-9-21-26-22(28(2,37-27(21)23)14-13-25(32)33)17-29(19-35-26)18-30(15-16-36-29)24(31)12-11-20-7-4-5-8-20/h6,9-10,20,22,26H,3-5,7-8,11-19H2,1-2H3,(H,32,33)/t22-,26+,28+,29+/m0/s1. The van der Waals surface area contributed by atoms with Crippen molar-refractivity contribution in [2.24, 2.45) is 11.8 Å². The van der Waals surface area contributed by atoms with Gasteiger partial charge in [-0.25, -0.2) is 0 Å². The summed E-state index contributed by atoms with van der Waals surface area (Å²) in [5.74, 6) is 1.20. The number of rotatable bonds is 8. The summed E-state index contributed by atoms with van der Waals surface area (Å²) in [5.41, 5.74) is -0.473. The van der Waals surface area contributed by atoms with Crippen molar-refractivity contribution in [2.45, 2.75) is 88.9 Å². The number of carboxylic acids is 1. The third kappa shape index (κ3) is 5.46. The smallest absolute Gasteiger partial charge is 0.303 e. The molecule has 1 N–H and O–H groups in total. The minimum atomic E-state index is -0.857. The molecule has 1 saturated carbocycles. The van der Waals surface area contributed by atoms with Crippen molar-refractivity contribution < 1.29 is 33.6 Å². The molecule has 3 fully saturated rings. The number of fused-ring (bicyclic) bond motifs is 3. The normalized spacial score (nSPS) is 31.5. The third-order valence-electron chi connectivity index (χ3n) is 8.90. The number of para-hydroxylation sites is 1. The molecule has 2 saturated heterocycles. The van der Waals surface area contributed by atoms with E-state index in [0.717, 1.165) is 12.0 Å². The molecule has 1 aliphatic carbocycles. The van der Waals surface area contributed by atoms with Gasteiger partial charge in [-0.2, -0.15) is 0 Å². The van der Waals surface area contributed by atoms with Gasteiger partial charge in [-0.15, -0.1) is 0 Å². The van der Waals surface area contributed by atoms with Crippen LogP contribution >= 0.6 is 0 Å². The lowest BCUT2D eigenvalue weighted by atomic mass is 9.69. The van der Waals surface area contributed by atoms with Crippen molar-refractivity contribution in [3.63, 3.8) is 0 Å². The summed E-state index contributed by atoms with van der Waals surface area (Å²) in [6, 6.07) is 5.83. The monoisotopic (exact) mass is 515 g/mol. The van der Waals surface area contributed by atoms with Gasteiger partial charge in [-0.1, -0.05) is 37.8 Å². The molecule has 204 valence electrons. The molecule has 8 nitrogen and oxygen atoms in total. The second-order valence-corrected chi connectivity index (χ2v) is 11.5. The molecule has 0 aromatic heterocycles. The second kappa shape index (κ2) is 10.8. The van der Waals surface area contributed by atoms with Crippen LogP contribution in [0.25, 0.3) is 0 Å². The average Bonchev–Trinajstić information content (AvgIpc) is 3.41. The highest BCUT2D eigenvalue weighted by Crippen LogP contribution is 2.55. The average molecular weight is 516 g/mol. The molecule has 1 aromatic rings. The molecule has 0 unspecified atom stereocenters. The zero-order valence-electron chi connectivity index (χ0n) is 22.2. The Morgan fingerprint density at radius 1 is 1.22 bits per heavy atom. The second-order valence-electron chi connectivity index (χ2n) is 11.5. The van der Waals surface area contributed by atoms with Crippen LogP contribution in [0.5, 0.6) is 11.5 Å². The molecule has 1 amide bonds. The van der Waals surface area contributed by atoms with Gasteiger partial charge in [0.05, 0.1) is 32.5 Å². The quantitative estimate of drug-likeness (QED) is 0.534. The van der Waals surface area contributed by atoms with Crippen LogP contribution in [-0.2, 0) is 19.1 Å². The van der Waals surface area contributed by atoms with E-state index in [2.05, 4.69) is 0 Å². The molecule has 1 aromatic carbocycles. The largest absolute Gasteiger partial charge is 0.490 e. The Kier molecular flexibility index (Phi) is 7.68. The van der Waals surface area contributed by atoms with Crippen molar-refractivity contribution in [2.75, 3.05) is 32.9 Å². The number of aliphatic carboxylic acids is 1. The van der Waals surface area contributed by atoms with Gasteiger partial charge in [0.25, 0.3) is 0 Å². The molecule has 37 heavy (non-hydrogen) atoms. The maximum atomic E-state index is 13.2. The van der Waals surface area contributed by atoms with Gasteiger partial charge in [0, 0.05) is 30.9 Å². The van der Waals surface area contributed by atoms with Crippen LogP contribution in [0.15, 0.2) is 18.2 Å². The molecule has 4 aliphatic rings. The van der Waals surface area contributed by atoms with E-state index in [4.69, 9.17) is 18.9 Å². The number of carbonyl (C=O) groups excluding carboxylic acids is 1. The van der Waals surface area contributed by atoms with Gasteiger partial charge in [0.2, 0.25) is 5.91 Å². The van der Waals surface area contributed by atoms with E-state index >= 15 is 0 Å². The van der Waals surface area contributed by atoms with E-state index in [1.165, 1.54) is 25.7 Å². The molecule has 3 heterocycles. The lowest BCUT2D eigenvalue weighted by Crippen LogP contribution is -2.62. The molecule has 1 spiro atoms. The fourth-order valence-electron chi connectivity index (χ4n) is 6.86. The van der Waals surface area contributed by atoms with Crippen LogP contribution in [0.4, 0.5) is 0 Å². The number of ether oxygens (including phenoxy) is 4. The lowest BCUT2D eigenvalue weighted by molar-refractivity contribution is -0.233. The van der Waals surface area contributed by atoms with Crippen LogP contribution in [0, 0.1) is 11.8 Å². The Labute approximate surface area is 219 Å². The summed E-state index contributed by atoms with van der Waals surface area (Å²) in [6.07, 6.45) is 7.36. The minimum absolute atomic E-state index is 0.00844. The number of morpholine rings is 1. The van der Waals surface area contributed by atoms with E-state index in [0.29, 0.717) is 69.6 Å². The summed E-state index contributed by atoms with van der Waals surface area (Å²) in [4.78, 5) is 26.7. The summed E-state index contributed by atoms with van der Waals surface area (Å²) in [6.45, 7) is 6.38. The van der Waals surface area contributed by atoms with Gasteiger partial charge >= 0.3 is 5.97 Å². The molecule has 8 heteroatoms. The molecular formula is C29H41NO7. The number of hydrogen-bond acceptors (Lipinski definition) is 6. The van der Waals surface area contributed by atoms with Crippen molar-refractivity contribution >= 4 is 11.9 Å². The molecule has 0 bridgehead atoms. The Hall–Kier alpha value is -2.32. The maximum Gasteiger partial charge on any atom is 0.303 e. The highest BCUT2D eigenvalue weighted by atomic mass is 16.6. The third-order valence-corrected chi connectivity index (χ3v) is 8.90.